The molecule has 3 rings (SSSR count). The Morgan fingerprint density at radius 3 is 2.80 bits per heavy atom. The van der Waals surface area contributed by atoms with E-state index in [4.69, 9.17) is 0 Å². The largest absolute Gasteiger partial charge is 0.321 e. The fourth-order valence-corrected chi connectivity index (χ4v) is 2.67. The number of hydrogen-bond acceptors (Lipinski definition) is 2. The van der Waals surface area contributed by atoms with Crippen molar-refractivity contribution in [3.63, 3.8) is 0 Å². The summed E-state index contributed by atoms with van der Waals surface area (Å²) in [7, 11) is 0. The van der Waals surface area contributed by atoms with E-state index >= 15 is 0 Å². The molecule has 3 fully saturated rings. The Hall–Kier alpha value is -0.770. The van der Waals surface area contributed by atoms with Crippen molar-refractivity contribution in [2.75, 3.05) is 26.2 Å². The normalized spacial score (nSPS) is 31.7. The highest BCUT2D eigenvalue weighted by atomic mass is 16.2. The second-order valence-electron chi connectivity index (χ2n) is 4.95. The molecule has 0 aromatic heterocycles. The van der Waals surface area contributed by atoms with Crippen molar-refractivity contribution in [3.05, 3.63) is 0 Å². The standard InChI is InChI=1S/C11H19N3O/c15-11-13(8-9-2-1-5-12-9)6-7-14(11)10-3-4-10/h9-10,12H,1-8H2. The molecule has 0 spiro atoms. The maximum atomic E-state index is 12.0. The molecule has 1 saturated carbocycles. The van der Waals surface area contributed by atoms with Gasteiger partial charge in [-0.15, -0.1) is 0 Å². The molecule has 15 heavy (non-hydrogen) atoms. The minimum atomic E-state index is 0.284. The van der Waals surface area contributed by atoms with Crippen LogP contribution in [0.3, 0.4) is 0 Å². The highest BCUT2D eigenvalue weighted by Crippen LogP contribution is 2.30. The molecule has 84 valence electrons. The Labute approximate surface area is 90.6 Å². The van der Waals surface area contributed by atoms with Crippen molar-refractivity contribution < 1.29 is 4.79 Å². The number of amides is 2. The lowest BCUT2D eigenvalue weighted by Crippen LogP contribution is -2.40. The van der Waals surface area contributed by atoms with Gasteiger partial charge in [-0.3, -0.25) is 0 Å². The average Bonchev–Trinajstić information content (AvgIpc) is 2.83. The Balaban J connectivity index is 1.55. The molecule has 2 amide bonds. The maximum Gasteiger partial charge on any atom is 0.320 e. The van der Waals surface area contributed by atoms with Crippen molar-refractivity contribution in [1.82, 2.24) is 15.1 Å². The van der Waals surface area contributed by atoms with Gasteiger partial charge in [0.1, 0.15) is 0 Å². The van der Waals surface area contributed by atoms with Crippen LogP contribution in [0.4, 0.5) is 4.79 Å². The number of nitrogens with one attached hydrogen (secondary N) is 1. The highest BCUT2D eigenvalue weighted by molar-refractivity contribution is 5.77. The number of nitrogens with zero attached hydrogens (tertiary/aromatic N) is 2. The van der Waals surface area contributed by atoms with E-state index in [9.17, 15) is 4.79 Å². The summed E-state index contributed by atoms with van der Waals surface area (Å²) in [6.07, 6.45) is 4.94. The summed E-state index contributed by atoms with van der Waals surface area (Å²) < 4.78 is 0. The summed E-state index contributed by atoms with van der Waals surface area (Å²) in [5.41, 5.74) is 0. The van der Waals surface area contributed by atoms with Crippen LogP contribution < -0.4 is 5.32 Å². The van der Waals surface area contributed by atoms with E-state index in [0.717, 1.165) is 26.2 Å². The third-order valence-electron chi connectivity index (χ3n) is 3.72. The quantitative estimate of drug-likeness (QED) is 0.740. The average molecular weight is 209 g/mol. The summed E-state index contributed by atoms with van der Waals surface area (Å²) in [5, 5.41) is 3.45. The molecule has 1 atom stereocenters. The van der Waals surface area contributed by atoms with Gasteiger partial charge in [0.15, 0.2) is 0 Å². The lowest BCUT2D eigenvalue weighted by atomic mass is 10.2. The van der Waals surface area contributed by atoms with E-state index in [0.29, 0.717) is 12.1 Å². The molecule has 2 heterocycles. The smallest absolute Gasteiger partial charge is 0.320 e. The van der Waals surface area contributed by atoms with Crippen molar-refractivity contribution in [2.24, 2.45) is 0 Å². The van der Waals surface area contributed by atoms with Gasteiger partial charge in [-0.2, -0.15) is 0 Å². The first-order valence-corrected chi connectivity index (χ1v) is 6.13. The van der Waals surface area contributed by atoms with E-state index in [-0.39, 0.29) is 6.03 Å². The van der Waals surface area contributed by atoms with Gasteiger partial charge >= 0.3 is 6.03 Å². The van der Waals surface area contributed by atoms with Crippen LogP contribution >= 0.6 is 0 Å². The van der Waals surface area contributed by atoms with Crippen LogP contribution in [0.15, 0.2) is 0 Å². The van der Waals surface area contributed by atoms with E-state index in [1.165, 1.54) is 25.7 Å². The summed E-state index contributed by atoms with van der Waals surface area (Å²) in [4.78, 5) is 16.1. The van der Waals surface area contributed by atoms with Crippen molar-refractivity contribution in [1.29, 1.82) is 0 Å². The fourth-order valence-electron chi connectivity index (χ4n) is 2.67. The number of urea groups is 1. The predicted octanol–water partition coefficient (Wildman–Crippen LogP) is 0.638. The number of carbonyl (C=O) groups excluding carboxylic acids is 1. The van der Waals surface area contributed by atoms with Gasteiger partial charge < -0.3 is 15.1 Å². The topological polar surface area (TPSA) is 35.6 Å². The number of hydrogen-bond donors (Lipinski definition) is 1. The molecular weight excluding hydrogens is 190 g/mol. The fraction of sp³-hybridized carbons (Fsp3) is 0.909. The predicted molar refractivity (Wildman–Crippen MR) is 57.7 cm³/mol. The second-order valence-corrected chi connectivity index (χ2v) is 4.95. The Bertz CT molecular complexity index is 259. The first-order chi connectivity index (χ1) is 7.34. The molecule has 2 saturated heterocycles. The number of rotatable bonds is 3. The highest BCUT2D eigenvalue weighted by Gasteiger charge is 2.39. The maximum absolute atomic E-state index is 12.0. The molecule has 0 bridgehead atoms. The van der Waals surface area contributed by atoms with Gasteiger partial charge in [0, 0.05) is 31.7 Å². The third kappa shape index (κ3) is 1.83. The molecule has 0 aromatic rings. The van der Waals surface area contributed by atoms with E-state index in [2.05, 4.69) is 10.2 Å². The van der Waals surface area contributed by atoms with Crippen molar-refractivity contribution in [2.45, 2.75) is 37.8 Å². The molecule has 0 radical (unpaired) electrons. The zero-order valence-electron chi connectivity index (χ0n) is 9.11. The molecule has 1 aliphatic carbocycles. The lowest BCUT2D eigenvalue weighted by molar-refractivity contribution is 0.187. The Morgan fingerprint density at radius 2 is 2.13 bits per heavy atom. The lowest BCUT2D eigenvalue weighted by Gasteiger charge is -2.21. The molecule has 4 heteroatoms. The van der Waals surface area contributed by atoms with E-state index < -0.39 is 0 Å². The van der Waals surface area contributed by atoms with Gasteiger partial charge in [-0.1, -0.05) is 0 Å². The van der Waals surface area contributed by atoms with Gasteiger partial charge in [0.25, 0.3) is 0 Å². The van der Waals surface area contributed by atoms with Gasteiger partial charge in [0.05, 0.1) is 0 Å². The Morgan fingerprint density at radius 1 is 1.27 bits per heavy atom. The zero-order valence-corrected chi connectivity index (χ0v) is 9.11. The van der Waals surface area contributed by atoms with Crippen molar-refractivity contribution >= 4 is 6.03 Å². The molecule has 3 aliphatic rings. The van der Waals surface area contributed by atoms with Gasteiger partial charge in [0.2, 0.25) is 0 Å². The van der Waals surface area contributed by atoms with Crippen LogP contribution in [-0.4, -0.2) is 54.1 Å². The monoisotopic (exact) mass is 209 g/mol. The molecule has 1 N–H and O–H groups in total. The molecular formula is C11H19N3O. The van der Waals surface area contributed by atoms with Crippen LogP contribution in [0.1, 0.15) is 25.7 Å². The first kappa shape index (κ1) is 9.46. The molecule has 4 nitrogen and oxygen atoms in total. The SMILES string of the molecule is O=C1N(CC2CCCN2)CCN1C1CC1. The summed E-state index contributed by atoms with van der Waals surface area (Å²) in [6, 6.07) is 1.42. The van der Waals surface area contributed by atoms with Crippen LogP contribution in [0.25, 0.3) is 0 Å². The Kier molecular flexibility index (Phi) is 2.31. The summed E-state index contributed by atoms with van der Waals surface area (Å²) >= 11 is 0. The van der Waals surface area contributed by atoms with E-state index in [1.807, 2.05) is 4.90 Å². The molecule has 0 aromatic carbocycles. The van der Waals surface area contributed by atoms with Gasteiger partial charge in [-0.05, 0) is 32.2 Å². The molecule has 1 unspecified atom stereocenters. The van der Waals surface area contributed by atoms with E-state index in [1.54, 1.807) is 0 Å². The van der Waals surface area contributed by atoms with Crippen molar-refractivity contribution in [3.8, 4) is 0 Å². The van der Waals surface area contributed by atoms with Crippen LogP contribution in [0.2, 0.25) is 0 Å². The molecule has 2 aliphatic heterocycles. The van der Waals surface area contributed by atoms with Gasteiger partial charge in [-0.25, -0.2) is 4.79 Å². The summed E-state index contributed by atoms with van der Waals surface area (Å²) in [5.74, 6) is 0. The van der Waals surface area contributed by atoms with Crippen LogP contribution in [0, 0.1) is 0 Å². The van der Waals surface area contributed by atoms with Crippen LogP contribution in [-0.2, 0) is 0 Å². The first-order valence-electron chi connectivity index (χ1n) is 6.13. The minimum Gasteiger partial charge on any atom is -0.321 e. The third-order valence-corrected chi connectivity index (χ3v) is 3.72. The number of carbonyl (C=O) groups is 1. The summed E-state index contributed by atoms with van der Waals surface area (Å²) in [6.45, 7) is 3.94. The zero-order chi connectivity index (χ0) is 10.3. The van der Waals surface area contributed by atoms with Crippen LogP contribution in [0.5, 0.6) is 0 Å². The minimum absolute atomic E-state index is 0.284. The second kappa shape index (κ2) is 3.67.